The molecule has 0 amide bonds. The minimum Gasteiger partial charge on any atom is -0.386 e. The Kier molecular flexibility index (Phi) is 5.02. The Balaban J connectivity index is 1.23. The fourth-order valence-electron chi connectivity index (χ4n) is 10.1. The first-order valence-electron chi connectivity index (χ1n) is 13.9. The average molecular weight is 453 g/mol. The summed E-state index contributed by atoms with van der Waals surface area (Å²) >= 11 is 0. The molecule has 33 heavy (non-hydrogen) atoms. The summed E-state index contributed by atoms with van der Waals surface area (Å²) in [6.45, 7) is 11.3. The molecule has 4 heteroatoms. The molecule has 0 aliphatic heterocycles. The summed E-state index contributed by atoms with van der Waals surface area (Å²) in [5.41, 5.74) is 0.0411. The molecule has 5 fully saturated rings. The van der Waals surface area contributed by atoms with Gasteiger partial charge >= 0.3 is 0 Å². The van der Waals surface area contributed by atoms with Crippen molar-refractivity contribution in [1.82, 2.24) is 9.78 Å². The number of carbonyl (C=O) groups excluding carboxylic acids is 1. The maximum absolute atomic E-state index is 13.8. The van der Waals surface area contributed by atoms with Gasteiger partial charge in [-0.15, -0.1) is 0 Å². The molecule has 182 valence electrons. The third kappa shape index (κ3) is 3.32. The minimum atomic E-state index is -0.921. The highest BCUT2D eigenvalue weighted by Gasteiger charge is 2.73. The van der Waals surface area contributed by atoms with Gasteiger partial charge in [-0.05, 0) is 111 Å². The second-order valence-corrected chi connectivity index (χ2v) is 13.8. The SMILES string of the molecule is C[C@H]1CC[C@H]2[C@H](CC[C@H]3C4[C@@H]5[C@H](C)[C@@H]5[C@H](C(=O)Cn5cc(C(C)(C)O)cn5)[C@@]4(C)CC[C@H]23)C1. The van der Waals surface area contributed by atoms with Crippen molar-refractivity contribution in [2.45, 2.75) is 91.7 Å². The van der Waals surface area contributed by atoms with Crippen LogP contribution in [0.2, 0.25) is 0 Å². The van der Waals surface area contributed by atoms with Crippen LogP contribution in [0.1, 0.15) is 85.1 Å². The van der Waals surface area contributed by atoms with E-state index in [1.165, 1.54) is 44.9 Å². The molecule has 0 bridgehead atoms. The Bertz CT molecular complexity index is 930. The standard InChI is InChI=1S/C29H44N2O2/c1-16-6-8-20-18(12-16)7-9-22-21(20)10-11-29(5)26(22)24-17(2)25(24)27(29)23(32)15-31-14-19(13-30-31)28(3,4)33/h13-14,16-18,20-22,24-27,33H,6-12,15H2,1-5H3/t16-,17-,18+,20-,21+,22+,24+,25-,26?,27-,29-/m0/s1. The van der Waals surface area contributed by atoms with Gasteiger partial charge in [-0.2, -0.15) is 5.10 Å². The van der Waals surface area contributed by atoms with Crippen molar-refractivity contribution < 1.29 is 9.90 Å². The molecule has 1 unspecified atom stereocenters. The maximum atomic E-state index is 13.8. The lowest BCUT2D eigenvalue weighted by atomic mass is 9.47. The van der Waals surface area contributed by atoms with E-state index in [9.17, 15) is 9.90 Å². The van der Waals surface area contributed by atoms with Gasteiger partial charge in [-0.1, -0.05) is 27.2 Å². The number of Topliss-reactive ketones (excluding diaryl/α,β-unsaturated/α-hetero) is 1. The number of ketones is 1. The average Bonchev–Trinajstić information content (AvgIpc) is 3.10. The van der Waals surface area contributed by atoms with Gasteiger partial charge in [-0.3, -0.25) is 9.48 Å². The van der Waals surface area contributed by atoms with Gasteiger partial charge in [-0.25, -0.2) is 0 Å². The highest BCUT2D eigenvalue weighted by atomic mass is 16.3. The summed E-state index contributed by atoms with van der Waals surface area (Å²) in [6.07, 6.45) is 13.4. The summed E-state index contributed by atoms with van der Waals surface area (Å²) in [6, 6.07) is 0. The van der Waals surface area contributed by atoms with Crippen molar-refractivity contribution in [1.29, 1.82) is 0 Å². The monoisotopic (exact) mass is 452 g/mol. The van der Waals surface area contributed by atoms with Gasteiger partial charge < -0.3 is 5.11 Å². The highest BCUT2D eigenvalue weighted by molar-refractivity contribution is 5.83. The van der Waals surface area contributed by atoms with E-state index in [-0.39, 0.29) is 11.3 Å². The number of nitrogens with zero attached hydrogens (tertiary/aromatic N) is 2. The van der Waals surface area contributed by atoms with Crippen LogP contribution in [0.3, 0.4) is 0 Å². The van der Waals surface area contributed by atoms with E-state index < -0.39 is 5.60 Å². The predicted octanol–water partition coefficient (Wildman–Crippen LogP) is 5.69. The Morgan fingerprint density at radius 1 is 1.12 bits per heavy atom. The molecule has 1 aromatic rings. The predicted molar refractivity (Wildman–Crippen MR) is 129 cm³/mol. The molecule has 1 aromatic heterocycles. The molecule has 11 atom stereocenters. The van der Waals surface area contributed by atoms with Crippen LogP contribution < -0.4 is 0 Å². The third-order valence-electron chi connectivity index (χ3n) is 11.5. The number of aromatic nitrogens is 2. The lowest BCUT2D eigenvalue weighted by molar-refractivity contribution is -0.135. The van der Waals surface area contributed by atoms with E-state index in [2.05, 4.69) is 25.9 Å². The van der Waals surface area contributed by atoms with Crippen LogP contribution in [-0.2, 0) is 16.9 Å². The molecule has 0 spiro atoms. The molecule has 0 saturated heterocycles. The molecule has 4 nitrogen and oxygen atoms in total. The van der Waals surface area contributed by atoms with Crippen LogP contribution in [0.25, 0.3) is 0 Å². The third-order valence-corrected chi connectivity index (χ3v) is 11.5. The maximum Gasteiger partial charge on any atom is 0.158 e. The van der Waals surface area contributed by atoms with E-state index in [0.717, 1.165) is 47.0 Å². The van der Waals surface area contributed by atoms with Gasteiger partial charge in [0.1, 0.15) is 0 Å². The topological polar surface area (TPSA) is 55.1 Å². The normalized spacial score (nSPS) is 48.4. The van der Waals surface area contributed by atoms with Crippen molar-refractivity contribution in [3.05, 3.63) is 18.0 Å². The lowest BCUT2D eigenvalue weighted by Gasteiger charge is -2.57. The van der Waals surface area contributed by atoms with Crippen LogP contribution in [0.5, 0.6) is 0 Å². The van der Waals surface area contributed by atoms with Gasteiger partial charge in [0.05, 0.1) is 18.3 Å². The molecule has 1 heterocycles. The zero-order valence-electron chi connectivity index (χ0n) is 21.3. The molecule has 0 aromatic carbocycles. The van der Waals surface area contributed by atoms with Crippen LogP contribution >= 0.6 is 0 Å². The fraction of sp³-hybridized carbons (Fsp3) is 0.862. The lowest BCUT2D eigenvalue weighted by Crippen LogP contribution is -2.51. The van der Waals surface area contributed by atoms with Crippen molar-refractivity contribution in [2.75, 3.05) is 0 Å². The summed E-state index contributed by atoms with van der Waals surface area (Å²) in [5.74, 6) is 8.10. The molecule has 5 aliphatic carbocycles. The highest BCUT2D eigenvalue weighted by Crippen LogP contribution is 2.76. The fourth-order valence-corrected chi connectivity index (χ4v) is 10.1. The van der Waals surface area contributed by atoms with E-state index >= 15 is 0 Å². The van der Waals surface area contributed by atoms with Crippen molar-refractivity contribution in [3.8, 4) is 0 Å². The molecule has 6 rings (SSSR count). The van der Waals surface area contributed by atoms with Gasteiger partial charge in [0.2, 0.25) is 0 Å². The minimum absolute atomic E-state index is 0.182. The number of hydrogen-bond donors (Lipinski definition) is 1. The van der Waals surface area contributed by atoms with Crippen LogP contribution in [0.15, 0.2) is 12.4 Å². The van der Waals surface area contributed by atoms with Gasteiger partial charge in [0.25, 0.3) is 0 Å². The van der Waals surface area contributed by atoms with E-state index in [4.69, 9.17) is 0 Å². The van der Waals surface area contributed by atoms with Gasteiger partial charge in [0.15, 0.2) is 5.78 Å². The number of aliphatic hydroxyl groups is 1. The second kappa shape index (κ2) is 7.42. The first kappa shape index (κ1) is 22.3. The Morgan fingerprint density at radius 2 is 1.88 bits per heavy atom. The summed E-state index contributed by atoms with van der Waals surface area (Å²) in [5, 5.41) is 14.7. The summed E-state index contributed by atoms with van der Waals surface area (Å²) in [4.78, 5) is 13.8. The van der Waals surface area contributed by atoms with Gasteiger partial charge in [0, 0.05) is 17.7 Å². The Morgan fingerprint density at radius 3 is 2.61 bits per heavy atom. The number of carbonyl (C=O) groups is 1. The van der Waals surface area contributed by atoms with E-state index in [1.807, 2.05) is 6.20 Å². The Hall–Kier alpha value is -1.16. The molecular weight excluding hydrogens is 408 g/mol. The summed E-state index contributed by atoms with van der Waals surface area (Å²) in [7, 11) is 0. The number of rotatable bonds is 4. The second-order valence-electron chi connectivity index (χ2n) is 13.8. The molecular formula is C29H44N2O2. The van der Waals surface area contributed by atoms with Crippen molar-refractivity contribution >= 4 is 5.78 Å². The zero-order valence-corrected chi connectivity index (χ0v) is 21.3. The quantitative estimate of drug-likeness (QED) is 0.639. The largest absolute Gasteiger partial charge is 0.386 e. The smallest absolute Gasteiger partial charge is 0.158 e. The van der Waals surface area contributed by atoms with Crippen LogP contribution in [-0.4, -0.2) is 20.7 Å². The first-order chi connectivity index (χ1) is 15.6. The van der Waals surface area contributed by atoms with E-state index in [1.54, 1.807) is 24.7 Å². The molecule has 5 saturated carbocycles. The van der Waals surface area contributed by atoms with E-state index in [0.29, 0.717) is 24.2 Å². The summed E-state index contributed by atoms with van der Waals surface area (Å²) < 4.78 is 1.77. The molecule has 5 aliphatic rings. The number of fused-ring (bicyclic) bond motifs is 7. The molecule has 0 radical (unpaired) electrons. The van der Waals surface area contributed by atoms with Crippen molar-refractivity contribution in [3.63, 3.8) is 0 Å². The Labute approximate surface area is 199 Å². The number of hydrogen-bond acceptors (Lipinski definition) is 3. The van der Waals surface area contributed by atoms with Crippen LogP contribution in [0.4, 0.5) is 0 Å². The molecule has 1 N–H and O–H groups in total. The van der Waals surface area contributed by atoms with Crippen molar-refractivity contribution in [2.24, 2.45) is 64.6 Å². The zero-order chi connectivity index (χ0) is 23.3. The first-order valence-corrected chi connectivity index (χ1v) is 13.9. The van der Waals surface area contributed by atoms with Crippen LogP contribution in [0, 0.1) is 64.6 Å².